The van der Waals surface area contributed by atoms with Gasteiger partial charge >= 0.3 is 0 Å². The maximum absolute atomic E-state index is 12.5. The maximum atomic E-state index is 12.5. The van der Waals surface area contributed by atoms with Crippen LogP contribution < -0.4 is 15.4 Å². The average molecular weight is 482 g/mol. The molecule has 2 amide bonds. The van der Waals surface area contributed by atoms with Crippen molar-refractivity contribution in [2.75, 3.05) is 5.32 Å². The Hall–Kier alpha value is -2.23. The fraction of sp³-hybridized carbons (Fsp3) is 0.300. The molecule has 0 aromatic heterocycles. The minimum atomic E-state index is -3.88. The molecule has 0 heterocycles. The molecule has 2 atom stereocenters. The first-order valence-corrected chi connectivity index (χ1v) is 11.3. The summed E-state index contributed by atoms with van der Waals surface area (Å²) in [6.07, 6.45) is 0.628. The van der Waals surface area contributed by atoms with E-state index in [2.05, 4.69) is 31.3 Å². The van der Waals surface area contributed by atoms with Gasteiger partial charge in [-0.25, -0.2) is 8.42 Å². The van der Waals surface area contributed by atoms with Gasteiger partial charge in [0.2, 0.25) is 21.8 Å². The van der Waals surface area contributed by atoms with E-state index in [0.717, 1.165) is 10.0 Å². The molecule has 0 bridgehead atoms. The van der Waals surface area contributed by atoms with E-state index in [1.807, 2.05) is 31.2 Å². The third-order valence-electron chi connectivity index (χ3n) is 4.05. The summed E-state index contributed by atoms with van der Waals surface area (Å²) >= 11 is 3.38. The minimum absolute atomic E-state index is 0.00848. The molecule has 29 heavy (non-hydrogen) atoms. The SMILES string of the molecule is CC(=O)Nc1ccc(S(=O)(=O)N[C@@H](C)C(=O)NC(C)Cc2ccc(Br)cc2)cc1. The standard InChI is InChI=1S/C20H24BrN3O4S/c1-13(12-16-4-6-17(21)7-5-16)22-20(26)14(2)24-29(27,28)19-10-8-18(9-11-19)23-15(3)25/h4-11,13-14,24H,12H2,1-3H3,(H,22,26)(H,23,25)/t13?,14-/m0/s1. The van der Waals surface area contributed by atoms with Gasteiger partial charge in [-0.1, -0.05) is 28.1 Å². The lowest BCUT2D eigenvalue weighted by atomic mass is 10.1. The van der Waals surface area contributed by atoms with E-state index in [1.165, 1.54) is 38.1 Å². The van der Waals surface area contributed by atoms with Crippen LogP contribution >= 0.6 is 15.9 Å². The van der Waals surface area contributed by atoms with E-state index >= 15 is 0 Å². The van der Waals surface area contributed by atoms with Crippen molar-refractivity contribution in [2.24, 2.45) is 0 Å². The first-order chi connectivity index (χ1) is 13.6. The molecular weight excluding hydrogens is 458 g/mol. The lowest BCUT2D eigenvalue weighted by molar-refractivity contribution is -0.123. The number of rotatable bonds is 8. The van der Waals surface area contributed by atoms with Crippen molar-refractivity contribution in [3.05, 3.63) is 58.6 Å². The van der Waals surface area contributed by atoms with E-state index in [9.17, 15) is 18.0 Å². The zero-order valence-electron chi connectivity index (χ0n) is 16.4. The van der Waals surface area contributed by atoms with Gasteiger partial charge in [-0.2, -0.15) is 4.72 Å². The van der Waals surface area contributed by atoms with Crippen molar-refractivity contribution in [3.8, 4) is 0 Å². The summed E-state index contributed by atoms with van der Waals surface area (Å²) in [6.45, 7) is 4.72. The van der Waals surface area contributed by atoms with E-state index < -0.39 is 22.0 Å². The van der Waals surface area contributed by atoms with Crippen molar-refractivity contribution >= 4 is 43.5 Å². The van der Waals surface area contributed by atoms with Gasteiger partial charge in [0.15, 0.2) is 0 Å². The average Bonchev–Trinajstić information content (AvgIpc) is 2.63. The van der Waals surface area contributed by atoms with Crippen molar-refractivity contribution in [3.63, 3.8) is 0 Å². The second kappa shape index (κ2) is 10.00. The number of hydrogen-bond donors (Lipinski definition) is 3. The predicted octanol–water partition coefficient (Wildman–Crippen LogP) is 2.82. The number of anilines is 1. The Labute approximate surface area is 179 Å². The van der Waals surface area contributed by atoms with Gasteiger partial charge < -0.3 is 10.6 Å². The Kier molecular flexibility index (Phi) is 7.95. The van der Waals surface area contributed by atoms with E-state index in [4.69, 9.17) is 0 Å². The largest absolute Gasteiger partial charge is 0.352 e. The van der Waals surface area contributed by atoms with Crippen LogP contribution in [0.5, 0.6) is 0 Å². The number of halogens is 1. The van der Waals surface area contributed by atoms with Crippen molar-refractivity contribution in [1.82, 2.24) is 10.0 Å². The third-order valence-corrected chi connectivity index (χ3v) is 6.14. The van der Waals surface area contributed by atoms with Gasteiger partial charge in [-0.05, 0) is 62.2 Å². The number of carbonyl (C=O) groups is 2. The highest BCUT2D eigenvalue weighted by Crippen LogP contribution is 2.15. The normalized spacial score (nSPS) is 13.4. The molecule has 0 saturated carbocycles. The highest BCUT2D eigenvalue weighted by molar-refractivity contribution is 9.10. The molecule has 0 fully saturated rings. The number of amides is 2. The summed E-state index contributed by atoms with van der Waals surface area (Å²) in [5.41, 5.74) is 1.55. The zero-order valence-corrected chi connectivity index (χ0v) is 18.8. The maximum Gasteiger partial charge on any atom is 0.241 e. The molecule has 0 radical (unpaired) electrons. The van der Waals surface area contributed by atoms with Gasteiger partial charge in [0.1, 0.15) is 0 Å². The summed E-state index contributed by atoms with van der Waals surface area (Å²) in [4.78, 5) is 23.4. The van der Waals surface area contributed by atoms with E-state index in [0.29, 0.717) is 12.1 Å². The molecule has 156 valence electrons. The van der Waals surface area contributed by atoms with Crippen LogP contribution in [0.1, 0.15) is 26.3 Å². The first kappa shape index (κ1) is 23.1. The van der Waals surface area contributed by atoms with E-state index in [-0.39, 0.29) is 16.8 Å². The summed E-state index contributed by atoms with van der Waals surface area (Å²) in [7, 11) is -3.88. The lowest BCUT2D eigenvalue weighted by Gasteiger charge is -2.19. The highest BCUT2D eigenvalue weighted by atomic mass is 79.9. The molecule has 2 aromatic rings. The molecule has 0 aliphatic heterocycles. The third kappa shape index (κ3) is 7.26. The Bertz CT molecular complexity index is 960. The summed E-state index contributed by atoms with van der Waals surface area (Å²) in [6, 6.07) is 12.4. The van der Waals surface area contributed by atoms with Gasteiger partial charge in [0, 0.05) is 23.1 Å². The van der Waals surface area contributed by atoms with Crippen LogP contribution in [0.4, 0.5) is 5.69 Å². The van der Waals surface area contributed by atoms with Crippen molar-refractivity contribution in [1.29, 1.82) is 0 Å². The van der Waals surface area contributed by atoms with Crippen LogP contribution in [0.2, 0.25) is 0 Å². The van der Waals surface area contributed by atoms with Crippen LogP contribution in [0.3, 0.4) is 0 Å². The second-order valence-electron chi connectivity index (χ2n) is 6.79. The van der Waals surface area contributed by atoms with Crippen molar-refractivity contribution < 1.29 is 18.0 Å². The number of sulfonamides is 1. The molecule has 0 aliphatic carbocycles. The quantitative estimate of drug-likeness (QED) is 0.538. The zero-order chi connectivity index (χ0) is 21.6. The predicted molar refractivity (Wildman–Crippen MR) is 116 cm³/mol. The number of benzene rings is 2. The molecule has 2 rings (SSSR count). The smallest absolute Gasteiger partial charge is 0.241 e. The molecule has 0 saturated heterocycles. The summed E-state index contributed by atoms with van der Waals surface area (Å²) < 4.78 is 28.4. The Morgan fingerprint density at radius 1 is 1.00 bits per heavy atom. The molecule has 0 aliphatic rings. The molecule has 2 aromatic carbocycles. The van der Waals surface area contributed by atoms with Crippen LogP contribution in [0.25, 0.3) is 0 Å². The number of carbonyl (C=O) groups excluding carboxylic acids is 2. The molecule has 9 heteroatoms. The Morgan fingerprint density at radius 2 is 1.59 bits per heavy atom. The Balaban J connectivity index is 1.94. The van der Waals surface area contributed by atoms with Crippen molar-refractivity contribution in [2.45, 2.75) is 44.2 Å². The monoisotopic (exact) mass is 481 g/mol. The van der Waals surface area contributed by atoms with Gasteiger partial charge in [0.05, 0.1) is 10.9 Å². The van der Waals surface area contributed by atoms with Gasteiger partial charge in [-0.3, -0.25) is 9.59 Å². The number of hydrogen-bond acceptors (Lipinski definition) is 4. The summed E-state index contributed by atoms with van der Waals surface area (Å²) in [5.74, 6) is -0.658. The Morgan fingerprint density at radius 3 is 2.14 bits per heavy atom. The second-order valence-corrected chi connectivity index (χ2v) is 9.42. The molecule has 3 N–H and O–H groups in total. The van der Waals surface area contributed by atoms with Crippen LogP contribution in [0.15, 0.2) is 57.9 Å². The lowest BCUT2D eigenvalue weighted by Crippen LogP contribution is -2.47. The van der Waals surface area contributed by atoms with Gasteiger partial charge in [0.25, 0.3) is 0 Å². The molecule has 0 spiro atoms. The van der Waals surface area contributed by atoms with Crippen LogP contribution in [0, 0.1) is 0 Å². The molecular formula is C20H24BrN3O4S. The highest BCUT2D eigenvalue weighted by Gasteiger charge is 2.23. The topological polar surface area (TPSA) is 104 Å². The molecule has 7 nitrogen and oxygen atoms in total. The van der Waals surface area contributed by atoms with Crippen LogP contribution in [-0.4, -0.2) is 32.3 Å². The van der Waals surface area contributed by atoms with Gasteiger partial charge in [-0.15, -0.1) is 0 Å². The van der Waals surface area contributed by atoms with E-state index in [1.54, 1.807) is 0 Å². The summed E-state index contributed by atoms with van der Waals surface area (Å²) in [5, 5.41) is 5.39. The molecule has 1 unspecified atom stereocenters. The minimum Gasteiger partial charge on any atom is -0.352 e. The van der Waals surface area contributed by atoms with Crippen LogP contribution in [-0.2, 0) is 26.0 Å². The number of nitrogens with one attached hydrogen (secondary N) is 3. The first-order valence-electron chi connectivity index (χ1n) is 9.01. The fourth-order valence-corrected chi connectivity index (χ4v) is 4.14. The fourth-order valence-electron chi connectivity index (χ4n) is 2.67.